The number of nitriles is 1. The first-order valence-electron chi connectivity index (χ1n) is 6.72. The standard InChI is InChI=1S/C17H16N2O/c1-10(2)15-13-8-7-11-5-3-4-6-12(11)16(13)20-17(19)14(15)9-18/h3-8,10,15H,19H2,1-2H3. The molecule has 1 unspecified atom stereocenters. The number of allylic oxidation sites excluding steroid dienone is 1. The molecule has 0 radical (unpaired) electrons. The van der Waals surface area contributed by atoms with Crippen molar-refractivity contribution in [2.24, 2.45) is 11.7 Å². The normalized spacial score (nSPS) is 17.8. The van der Waals surface area contributed by atoms with Crippen LogP contribution in [0.25, 0.3) is 10.8 Å². The highest BCUT2D eigenvalue weighted by atomic mass is 16.5. The maximum atomic E-state index is 9.35. The molecule has 0 aromatic heterocycles. The van der Waals surface area contributed by atoms with Gasteiger partial charge in [0.15, 0.2) is 0 Å². The number of fused-ring (bicyclic) bond motifs is 3. The average molecular weight is 264 g/mol. The molecule has 0 saturated carbocycles. The minimum absolute atomic E-state index is 0.00615. The fourth-order valence-electron chi connectivity index (χ4n) is 2.91. The average Bonchev–Trinajstić information content (AvgIpc) is 2.45. The number of rotatable bonds is 1. The van der Waals surface area contributed by atoms with E-state index in [0.29, 0.717) is 5.57 Å². The zero-order valence-corrected chi connectivity index (χ0v) is 11.6. The van der Waals surface area contributed by atoms with Gasteiger partial charge in [-0.05, 0) is 11.3 Å². The second-order valence-corrected chi connectivity index (χ2v) is 5.42. The summed E-state index contributed by atoms with van der Waals surface area (Å²) in [6.07, 6.45) is 0. The van der Waals surface area contributed by atoms with Crippen molar-refractivity contribution >= 4 is 10.8 Å². The molecule has 20 heavy (non-hydrogen) atoms. The molecular weight excluding hydrogens is 248 g/mol. The molecule has 1 atom stereocenters. The molecule has 0 spiro atoms. The zero-order chi connectivity index (χ0) is 14.3. The van der Waals surface area contributed by atoms with Crippen molar-refractivity contribution in [3.05, 3.63) is 53.4 Å². The van der Waals surface area contributed by atoms with Gasteiger partial charge in [-0.25, -0.2) is 0 Å². The molecule has 0 bridgehead atoms. The second kappa shape index (κ2) is 4.57. The van der Waals surface area contributed by atoms with Crippen LogP contribution in [0.1, 0.15) is 25.3 Å². The topological polar surface area (TPSA) is 59.0 Å². The van der Waals surface area contributed by atoms with E-state index in [0.717, 1.165) is 22.1 Å². The van der Waals surface area contributed by atoms with Crippen molar-refractivity contribution in [2.75, 3.05) is 0 Å². The summed E-state index contributed by atoms with van der Waals surface area (Å²) in [7, 11) is 0. The van der Waals surface area contributed by atoms with Crippen LogP contribution in [-0.4, -0.2) is 0 Å². The summed E-state index contributed by atoms with van der Waals surface area (Å²) in [4.78, 5) is 0. The monoisotopic (exact) mass is 264 g/mol. The third-order valence-corrected chi connectivity index (χ3v) is 3.82. The van der Waals surface area contributed by atoms with E-state index in [1.165, 1.54) is 0 Å². The molecule has 0 amide bonds. The highest BCUT2D eigenvalue weighted by Gasteiger charge is 2.32. The van der Waals surface area contributed by atoms with Gasteiger partial charge in [0.1, 0.15) is 11.8 Å². The number of nitrogens with two attached hydrogens (primary N) is 1. The predicted octanol–water partition coefficient (Wildman–Crippen LogP) is 3.67. The molecule has 1 heterocycles. The van der Waals surface area contributed by atoms with E-state index in [2.05, 4.69) is 26.0 Å². The Labute approximate surface area is 118 Å². The summed E-state index contributed by atoms with van der Waals surface area (Å²) >= 11 is 0. The zero-order valence-electron chi connectivity index (χ0n) is 11.6. The molecule has 0 saturated heterocycles. The van der Waals surface area contributed by atoms with E-state index >= 15 is 0 Å². The van der Waals surface area contributed by atoms with E-state index in [1.807, 2.05) is 30.3 Å². The van der Waals surface area contributed by atoms with Crippen molar-refractivity contribution < 1.29 is 4.74 Å². The molecule has 3 rings (SSSR count). The van der Waals surface area contributed by atoms with E-state index in [4.69, 9.17) is 10.5 Å². The van der Waals surface area contributed by atoms with Crippen LogP contribution in [-0.2, 0) is 0 Å². The number of ether oxygens (including phenoxy) is 1. The van der Waals surface area contributed by atoms with E-state index in [1.54, 1.807) is 0 Å². The van der Waals surface area contributed by atoms with Gasteiger partial charge >= 0.3 is 0 Å². The Morgan fingerprint density at radius 2 is 1.95 bits per heavy atom. The van der Waals surface area contributed by atoms with Gasteiger partial charge in [-0.3, -0.25) is 0 Å². The molecular formula is C17H16N2O. The van der Waals surface area contributed by atoms with Crippen molar-refractivity contribution in [3.63, 3.8) is 0 Å². The van der Waals surface area contributed by atoms with E-state index < -0.39 is 0 Å². The quantitative estimate of drug-likeness (QED) is 0.855. The molecule has 2 aromatic rings. The van der Waals surface area contributed by atoms with Gasteiger partial charge in [0.25, 0.3) is 0 Å². The minimum Gasteiger partial charge on any atom is -0.440 e. The van der Waals surface area contributed by atoms with Gasteiger partial charge in [-0.15, -0.1) is 0 Å². The second-order valence-electron chi connectivity index (χ2n) is 5.42. The largest absolute Gasteiger partial charge is 0.440 e. The summed E-state index contributed by atoms with van der Waals surface area (Å²) < 4.78 is 5.76. The SMILES string of the molecule is CC(C)C1C(C#N)=C(N)Oc2c1ccc1ccccc21. The van der Waals surface area contributed by atoms with Gasteiger partial charge < -0.3 is 10.5 Å². The Balaban J connectivity index is 2.31. The molecule has 2 N–H and O–H groups in total. The summed E-state index contributed by atoms with van der Waals surface area (Å²) in [5.74, 6) is 1.30. The van der Waals surface area contributed by atoms with Gasteiger partial charge in [0.2, 0.25) is 5.88 Å². The number of hydrogen-bond donors (Lipinski definition) is 1. The summed E-state index contributed by atoms with van der Waals surface area (Å²) in [5, 5.41) is 11.5. The number of nitrogens with zero attached hydrogens (tertiary/aromatic N) is 1. The first-order chi connectivity index (χ1) is 9.63. The van der Waals surface area contributed by atoms with Crippen LogP contribution >= 0.6 is 0 Å². The lowest BCUT2D eigenvalue weighted by molar-refractivity contribution is 0.376. The third kappa shape index (κ3) is 1.73. The molecule has 0 fully saturated rings. The van der Waals surface area contributed by atoms with Crippen LogP contribution in [0.4, 0.5) is 0 Å². The van der Waals surface area contributed by atoms with Gasteiger partial charge in [-0.2, -0.15) is 5.26 Å². The van der Waals surface area contributed by atoms with Crippen LogP contribution in [0, 0.1) is 17.2 Å². The lowest BCUT2D eigenvalue weighted by Gasteiger charge is -2.29. The Morgan fingerprint density at radius 1 is 1.20 bits per heavy atom. The molecule has 3 heteroatoms. The number of hydrogen-bond acceptors (Lipinski definition) is 3. The smallest absolute Gasteiger partial charge is 0.205 e. The van der Waals surface area contributed by atoms with Gasteiger partial charge in [0.05, 0.1) is 5.57 Å². The van der Waals surface area contributed by atoms with Crippen molar-refractivity contribution in [1.29, 1.82) is 5.26 Å². The third-order valence-electron chi connectivity index (χ3n) is 3.82. The molecule has 2 aromatic carbocycles. The molecule has 0 aliphatic carbocycles. The van der Waals surface area contributed by atoms with Gasteiger partial charge in [0, 0.05) is 16.9 Å². The minimum atomic E-state index is -0.00615. The van der Waals surface area contributed by atoms with Crippen molar-refractivity contribution in [1.82, 2.24) is 0 Å². The first kappa shape index (κ1) is 12.6. The molecule has 100 valence electrons. The fourth-order valence-corrected chi connectivity index (χ4v) is 2.91. The predicted molar refractivity (Wildman–Crippen MR) is 79.0 cm³/mol. The summed E-state index contributed by atoms with van der Waals surface area (Å²) in [6, 6.07) is 14.4. The first-order valence-corrected chi connectivity index (χ1v) is 6.72. The van der Waals surface area contributed by atoms with E-state index in [9.17, 15) is 5.26 Å². The lowest BCUT2D eigenvalue weighted by atomic mass is 9.80. The maximum Gasteiger partial charge on any atom is 0.205 e. The Hall–Kier alpha value is -2.47. The van der Waals surface area contributed by atoms with Crippen molar-refractivity contribution in [3.8, 4) is 11.8 Å². The van der Waals surface area contributed by atoms with Crippen LogP contribution in [0.5, 0.6) is 5.75 Å². The van der Waals surface area contributed by atoms with Crippen molar-refractivity contribution in [2.45, 2.75) is 19.8 Å². The van der Waals surface area contributed by atoms with Crippen LogP contribution in [0.15, 0.2) is 47.9 Å². The lowest BCUT2D eigenvalue weighted by Crippen LogP contribution is -2.23. The van der Waals surface area contributed by atoms with Crippen LogP contribution < -0.4 is 10.5 Å². The van der Waals surface area contributed by atoms with Crippen LogP contribution in [0.2, 0.25) is 0 Å². The maximum absolute atomic E-state index is 9.35. The highest BCUT2D eigenvalue weighted by molar-refractivity contribution is 5.90. The van der Waals surface area contributed by atoms with Crippen LogP contribution in [0.3, 0.4) is 0 Å². The fraction of sp³-hybridized carbons (Fsp3) is 0.235. The Bertz CT molecular complexity index is 753. The number of benzene rings is 2. The summed E-state index contributed by atoms with van der Waals surface area (Å²) in [5.41, 5.74) is 7.53. The summed E-state index contributed by atoms with van der Waals surface area (Å²) in [6.45, 7) is 4.19. The molecule has 1 aliphatic rings. The Kier molecular flexibility index (Phi) is 2.87. The highest BCUT2D eigenvalue weighted by Crippen LogP contribution is 2.45. The Morgan fingerprint density at radius 3 is 2.65 bits per heavy atom. The van der Waals surface area contributed by atoms with Gasteiger partial charge in [-0.1, -0.05) is 50.2 Å². The van der Waals surface area contributed by atoms with E-state index in [-0.39, 0.29) is 17.7 Å². The molecule has 3 nitrogen and oxygen atoms in total. The molecule has 1 aliphatic heterocycles.